The predicted molar refractivity (Wildman–Crippen MR) is 99.6 cm³/mol. The van der Waals surface area contributed by atoms with Crippen LogP contribution in [0.15, 0.2) is 66.2 Å². The monoisotopic (exact) mass is 344 g/mol. The van der Waals surface area contributed by atoms with Crippen LogP contribution in [0.2, 0.25) is 0 Å². The Hall–Kier alpha value is -3.45. The molecule has 0 unspecified atom stereocenters. The fourth-order valence-electron chi connectivity index (χ4n) is 3.01. The molecule has 0 aliphatic heterocycles. The summed E-state index contributed by atoms with van der Waals surface area (Å²) in [7, 11) is 0. The molecule has 0 atom stereocenters. The van der Waals surface area contributed by atoms with E-state index in [2.05, 4.69) is 0 Å². The zero-order chi connectivity index (χ0) is 18.7. The number of rotatable bonds is 4. The van der Waals surface area contributed by atoms with E-state index in [0.29, 0.717) is 16.9 Å². The molecule has 0 aliphatic rings. The van der Waals surface area contributed by atoms with Gasteiger partial charge in [-0.2, -0.15) is 5.26 Å². The predicted octanol–water partition coefficient (Wildman–Crippen LogP) is 5.02. The highest BCUT2D eigenvalue weighted by molar-refractivity contribution is 6.14. The Kier molecular flexibility index (Phi) is 4.81. The number of aryl methyl sites for hydroxylation is 1. The number of para-hydroxylation sites is 1. The van der Waals surface area contributed by atoms with E-state index < -0.39 is 0 Å². The largest absolute Gasteiger partial charge is 0.315 e. The lowest BCUT2D eigenvalue weighted by Gasteiger charge is -2.10. The molecule has 0 spiro atoms. The first-order valence-corrected chi connectivity index (χ1v) is 8.18. The van der Waals surface area contributed by atoms with Crippen molar-refractivity contribution in [3.63, 3.8) is 0 Å². The summed E-state index contributed by atoms with van der Waals surface area (Å²) in [5.74, 6) is -0.735. The number of nitriles is 1. The standard InChI is InChI=1S/C22H17FN2O/c1-15-12-19(16(2)25(15)21-11-7-6-10-20(21)23)22(26)18(14-24)13-17-8-4-3-5-9-17/h3-13H,1-2H3. The molecule has 26 heavy (non-hydrogen) atoms. The van der Waals surface area contributed by atoms with Gasteiger partial charge < -0.3 is 4.57 Å². The van der Waals surface area contributed by atoms with Gasteiger partial charge in [-0.3, -0.25) is 4.79 Å². The molecule has 0 saturated carbocycles. The minimum atomic E-state index is -0.368. The van der Waals surface area contributed by atoms with Gasteiger partial charge in [-0.1, -0.05) is 42.5 Å². The van der Waals surface area contributed by atoms with Gasteiger partial charge in [0, 0.05) is 17.0 Å². The highest BCUT2D eigenvalue weighted by atomic mass is 19.1. The fourth-order valence-corrected chi connectivity index (χ4v) is 3.01. The van der Waals surface area contributed by atoms with E-state index in [9.17, 15) is 14.4 Å². The summed E-state index contributed by atoms with van der Waals surface area (Å²) in [5.41, 5.74) is 2.94. The second-order valence-electron chi connectivity index (χ2n) is 5.98. The smallest absolute Gasteiger partial charge is 0.205 e. The molecule has 0 radical (unpaired) electrons. The molecular weight excluding hydrogens is 327 g/mol. The molecule has 3 aromatic rings. The van der Waals surface area contributed by atoms with Crippen LogP contribution in [0.1, 0.15) is 27.3 Å². The topological polar surface area (TPSA) is 45.8 Å². The van der Waals surface area contributed by atoms with Gasteiger partial charge in [0.05, 0.1) is 5.69 Å². The van der Waals surface area contributed by atoms with Crippen LogP contribution in [0, 0.1) is 31.0 Å². The van der Waals surface area contributed by atoms with E-state index >= 15 is 0 Å². The minimum absolute atomic E-state index is 0.0463. The first kappa shape index (κ1) is 17.4. The molecule has 128 valence electrons. The molecule has 0 saturated heterocycles. The lowest BCUT2D eigenvalue weighted by atomic mass is 10.0. The number of benzene rings is 2. The quantitative estimate of drug-likeness (QED) is 0.379. The Morgan fingerprint density at radius 1 is 1.08 bits per heavy atom. The Labute approximate surface area is 151 Å². The molecule has 2 aromatic carbocycles. The normalized spacial score (nSPS) is 11.2. The van der Waals surface area contributed by atoms with Gasteiger partial charge in [0.25, 0.3) is 0 Å². The van der Waals surface area contributed by atoms with Crippen molar-refractivity contribution in [3.05, 3.63) is 94.6 Å². The van der Waals surface area contributed by atoms with Crippen molar-refractivity contribution in [3.8, 4) is 11.8 Å². The average molecular weight is 344 g/mol. The highest BCUT2D eigenvalue weighted by Gasteiger charge is 2.21. The number of ketones is 1. The SMILES string of the molecule is Cc1cc(C(=O)C(C#N)=Cc2ccccc2)c(C)n1-c1ccccc1F. The van der Waals surface area contributed by atoms with Crippen LogP contribution < -0.4 is 0 Å². The second kappa shape index (κ2) is 7.20. The summed E-state index contributed by atoms with van der Waals surface area (Å²) in [4.78, 5) is 12.9. The zero-order valence-electron chi connectivity index (χ0n) is 14.5. The fraction of sp³-hybridized carbons (Fsp3) is 0.0909. The summed E-state index contributed by atoms with van der Waals surface area (Å²) in [6.45, 7) is 3.56. The van der Waals surface area contributed by atoms with Crippen LogP contribution >= 0.6 is 0 Å². The van der Waals surface area contributed by atoms with Crippen LogP contribution in [0.4, 0.5) is 4.39 Å². The molecule has 1 aromatic heterocycles. The van der Waals surface area contributed by atoms with E-state index in [1.165, 1.54) is 6.07 Å². The molecule has 1 heterocycles. The van der Waals surface area contributed by atoms with E-state index in [4.69, 9.17) is 0 Å². The van der Waals surface area contributed by atoms with Gasteiger partial charge in [0.1, 0.15) is 17.5 Å². The van der Waals surface area contributed by atoms with Gasteiger partial charge in [-0.25, -0.2) is 4.39 Å². The van der Waals surface area contributed by atoms with Gasteiger partial charge in [-0.05, 0) is 43.7 Å². The number of carbonyl (C=O) groups excluding carboxylic acids is 1. The Bertz CT molecular complexity index is 1040. The number of carbonyl (C=O) groups is 1. The first-order chi connectivity index (χ1) is 12.5. The van der Waals surface area contributed by atoms with Gasteiger partial charge in [0.15, 0.2) is 0 Å². The molecule has 0 N–H and O–H groups in total. The van der Waals surface area contributed by atoms with Crippen molar-refractivity contribution in [2.45, 2.75) is 13.8 Å². The second-order valence-corrected chi connectivity index (χ2v) is 5.98. The average Bonchev–Trinajstić information content (AvgIpc) is 2.95. The van der Waals surface area contributed by atoms with Crippen molar-refractivity contribution in [1.29, 1.82) is 5.26 Å². The van der Waals surface area contributed by atoms with Crippen molar-refractivity contribution >= 4 is 11.9 Å². The number of nitrogens with zero attached hydrogens (tertiary/aromatic N) is 2. The first-order valence-electron chi connectivity index (χ1n) is 8.18. The van der Waals surface area contributed by atoms with Crippen LogP contribution in [-0.2, 0) is 0 Å². The number of hydrogen-bond donors (Lipinski definition) is 0. The van der Waals surface area contributed by atoms with Gasteiger partial charge in [-0.15, -0.1) is 0 Å². The lowest BCUT2D eigenvalue weighted by molar-refractivity contribution is 0.103. The lowest BCUT2D eigenvalue weighted by Crippen LogP contribution is -2.06. The van der Waals surface area contributed by atoms with Crippen molar-refractivity contribution in [2.75, 3.05) is 0 Å². The summed E-state index contributed by atoms with van der Waals surface area (Å²) in [5, 5.41) is 9.44. The maximum Gasteiger partial charge on any atom is 0.205 e. The van der Waals surface area contributed by atoms with E-state index in [0.717, 1.165) is 11.3 Å². The summed E-state index contributed by atoms with van der Waals surface area (Å²) >= 11 is 0. The maximum absolute atomic E-state index is 14.2. The van der Waals surface area contributed by atoms with Gasteiger partial charge >= 0.3 is 0 Å². The minimum Gasteiger partial charge on any atom is -0.315 e. The third kappa shape index (κ3) is 3.20. The zero-order valence-corrected chi connectivity index (χ0v) is 14.5. The molecule has 3 rings (SSSR count). The molecule has 3 nitrogen and oxygen atoms in total. The highest BCUT2D eigenvalue weighted by Crippen LogP contribution is 2.25. The van der Waals surface area contributed by atoms with E-state index in [1.54, 1.807) is 41.8 Å². The molecule has 0 bridgehead atoms. The van der Waals surface area contributed by atoms with E-state index in [1.807, 2.05) is 43.3 Å². The summed E-state index contributed by atoms with van der Waals surface area (Å²) < 4.78 is 15.9. The third-order valence-electron chi connectivity index (χ3n) is 4.24. The van der Waals surface area contributed by atoms with E-state index in [-0.39, 0.29) is 17.2 Å². The van der Waals surface area contributed by atoms with Crippen LogP contribution in [0.5, 0.6) is 0 Å². The molecule has 0 aliphatic carbocycles. The molecule has 4 heteroatoms. The maximum atomic E-state index is 14.2. The van der Waals surface area contributed by atoms with Crippen LogP contribution in [0.25, 0.3) is 11.8 Å². The van der Waals surface area contributed by atoms with Crippen molar-refractivity contribution in [2.24, 2.45) is 0 Å². The molecular formula is C22H17FN2O. The number of Topliss-reactive ketones (excluding diaryl/α,β-unsaturated/α-hetero) is 1. The van der Waals surface area contributed by atoms with Crippen molar-refractivity contribution in [1.82, 2.24) is 4.57 Å². The van der Waals surface area contributed by atoms with Crippen LogP contribution in [-0.4, -0.2) is 10.4 Å². The Morgan fingerprint density at radius 2 is 1.73 bits per heavy atom. The number of allylic oxidation sites excluding steroid dienone is 1. The Balaban J connectivity index is 2.07. The molecule has 0 amide bonds. The van der Waals surface area contributed by atoms with Gasteiger partial charge in [0.2, 0.25) is 5.78 Å². The Morgan fingerprint density at radius 3 is 2.38 bits per heavy atom. The summed E-state index contributed by atoms with van der Waals surface area (Å²) in [6.07, 6.45) is 1.57. The third-order valence-corrected chi connectivity index (χ3v) is 4.24. The number of aromatic nitrogens is 1. The number of halogens is 1. The van der Waals surface area contributed by atoms with Crippen molar-refractivity contribution < 1.29 is 9.18 Å². The summed E-state index contributed by atoms with van der Waals surface area (Å²) in [6, 6.07) is 19.3. The number of hydrogen-bond acceptors (Lipinski definition) is 2. The molecule has 0 fully saturated rings. The van der Waals surface area contributed by atoms with Crippen LogP contribution in [0.3, 0.4) is 0 Å².